The van der Waals surface area contributed by atoms with Crippen molar-refractivity contribution in [2.75, 3.05) is 13.1 Å². The Morgan fingerprint density at radius 3 is 2.43 bits per heavy atom. The maximum absolute atomic E-state index is 13.1. The van der Waals surface area contributed by atoms with Crippen molar-refractivity contribution in [3.63, 3.8) is 0 Å². The summed E-state index contributed by atoms with van der Waals surface area (Å²) in [5, 5.41) is 27.1. The second-order valence-electron chi connectivity index (χ2n) is 8.52. The molecule has 0 radical (unpaired) electrons. The third kappa shape index (κ3) is 9.09. The molecule has 14 nitrogen and oxygen atoms in total. The number of carboxylic acids is 1. The molecule has 1 aromatic carbocycles. The number of H-pyrrole nitrogens is 1. The monoisotopic (exact) mass is 518 g/mol. The van der Waals surface area contributed by atoms with Crippen LogP contribution in [0.1, 0.15) is 25.3 Å². The highest BCUT2D eigenvalue weighted by atomic mass is 16.4. The van der Waals surface area contributed by atoms with Crippen LogP contribution in [0.5, 0.6) is 0 Å². The second kappa shape index (κ2) is 13.8. The molecule has 4 unspecified atom stereocenters. The molecule has 14 heteroatoms. The summed E-state index contributed by atoms with van der Waals surface area (Å²) in [7, 11) is 0. The number of fused-ring (bicyclic) bond motifs is 1. The number of aliphatic imine (C=N–C) groups is 1. The third-order valence-electron chi connectivity index (χ3n) is 5.56. The quantitative estimate of drug-likeness (QED) is 0.0735. The van der Waals surface area contributed by atoms with Crippen LogP contribution in [0.25, 0.3) is 10.9 Å². The summed E-state index contributed by atoms with van der Waals surface area (Å²) in [6.45, 7) is 1.02. The first kappa shape index (κ1) is 29.1. The number of para-hydroxylation sites is 1. The van der Waals surface area contributed by atoms with Crippen molar-refractivity contribution in [2.45, 2.75) is 50.4 Å². The van der Waals surface area contributed by atoms with E-state index >= 15 is 0 Å². The second-order valence-corrected chi connectivity index (χ2v) is 8.52. The number of benzene rings is 1. The van der Waals surface area contributed by atoms with Crippen LogP contribution in [-0.2, 0) is 25.6 Å². The van der Waals surface area contributed by atoms with Crippen molar-refractivity contribution in [2.24, 2.45) is 22.2 Å². The number of carboxylic acid groups (broad SMARTS) is 1. The van der Waals surface area contributed by atoms with Gasteiger partial charge in [0.15, 0.2) is 5.96 Å². The van der Waals surface area contributed by atoms with Crippen molar-refractivity contribution in [3.05, 3.63) is 36.0 Å². The standard InChI is InChI=1S/C23H34N8O6/c1-12(32)19(24)21(35)29-11-18(33)30-17(9-13-10-28-15-6-3-2-5-14(13)15)20(34)31-16(22(36)37)7-4-8-27-23(25)26/h2-3,5-6,10,12,16-17,19,28,32H,4,7-9,11,24H2,1H3,(H,29,35)(H,30,33)(H,31,34)(H,36,37)(H4,25,26,27). The molecule has 202 valence electrons. The van der Waals surface area contributed by atoms with Gasteiger partial charge in [-0.2, -0.15) is 0 Å². The molecule has 0 aliphatic rings. The van der Waals surface area contributed by atoms with E-state index in [-0.39, 0.29) is 25.3 Å². The number of guanidine groups is 1. The average molecular weight is 519 g/mol. The van der Waals surface area contributed by atoms with Gasteiger partial charge in [0.2, 0.25) is 17.7 Å². The van der Waals surface area contributed by atoms with E-state index in [0.29, 0.717) is 6.42 Å². The smallest absolute Gasteiger partial charge is 0.326 e. The van der Waals surface area contributed by atoms with Crippen LogP contribution in [0.3, 0.4) is 0 Å². The Bertz CT molecular complexity index is 1130. The number of carbonyl (C=O) groups is 4. The molecular weight excluding hydrogens is 484 g/mol. The summed E-state index contributed by atoms with van der Waals surface area (Å²) in [6, 6.07) is 3.74. The Kier molecular flexibility index (Phi) is 10.8. The molecule has 0 bridgehead atoms. The van der Waals surface area contributed by atoms with Crippen molar-refractivity contribution in [3.8, 4) is 0 Å². The summed E-state index contributed by atoms with van der Waals surface area (Å²) >= 11 is 0. The number of aliphatic hydroxyl groups excluding tert-OH is 1. The highest BCUT2D eigenvalue weighted by Crippen LogP contribution is 2.19. The van der Waals surface area contributed by atoms with Gasteiger partial charge in [-0.05, 0) is 31.4 Å². The lowest BCUT2D eigenvalue weighted by molar-refractivity contribution is -0.142. The zero-order valence-electron chi connectivity index (χ0n) is 20.4. The van der Waals surface area contributed by atoms with Crippen molar-refractivity contribution >= 4 is 40.6 Å². The predicted octanol–water partition coefficient (Wildman–Crippen LogP) is -2.36. The predicted molar refractivity (Wildman–Crippen MR) is 136 cm³/mol. The molecule has 3 amide bonds. The summed E-state index contributed by atoms with van der Waals surface area (Å²) in [5.74, 6) is -3.55. The summed E-state index contributed by atoms with van der Waals surface area (Å²) in [6.07, 6.45) is 0.972. The van der Waals surface area contributed by atoms with Crippen LogP contribution in [0.4, 0.5) is 0 Å². The number of nitrogens with one attached hydrogen (secondary N) is 4. The molecule has 1 aromatic heterocycles. The van der Waals surface area contributed by atoms with Gasteiger partial charge in [0.1, 0.15) is 18.1 Å². The van der Waals surface area contributed by atoms with Crippen molar-refractivity contribution < 1.29 is 29.4 Å². The number of nitrogens with zero attached hydrogens (tertiary/aromatic N) is 1. The molecule has 0 saturated heterocycles. The van der Waals surface area contributed by atoms with E-state index in [1.807, 2.05) is 24.3 Å². The lowest BCUT2D eigenvalue weighted by Gasteiger charge is -2.22. The molecule has 0 fully saturated rings. The number of aliphatic hydroxyl groups is 1. The number of hydrogen-bond donors (Lipinski definition) is 9. The van der Waals surface area contributed by atoms with Gasteiger partial charge in [0.05, 0.1) is 12.6 Å². The fourth-order valence-electron chi connectivity index (χ4n) is 3.51. The van der Waals surface area contributed by atoms with Crippen molar-refractivity contribution in [1.82, 2.24) is 20.9 Å². The number of aromatic nitrogens is 1. The normalized spacial score (nSPS) is 14.1. The minimum Gasteiger partial charge on any atom is -0.480 e. The molecule has 0 aliphatic heterocycles. The fourth-order valence-corrected chi connectivity index (χ4v) is 3.51. The van der Waals surface area contributed by atoms with Gasteiger partial charge in [-0.3, -0.25) is 19.4 Å². The van der Waals surface area contributed by atoms with Crippen LogP contribution in [0, 0.1) is 0 Å². The molecule has 0 saturated carbocycles. The van der Waals surface area contributed by atoms with Crippen LogP contribution in [0.15, 0.2) is 35.5 Å². The number of aliphatic carboxylic acids is 1. The van der Waals surface area contributed by atoms with Gasteiger partial charge in [-0.25, -0.2) is 4.79 Å². The summed E-state index contributed by atoms with van der Waals surface area (Å²) in [5.41, 5.74) is 17.6. The first-order chi connectivity index (χ1) is 17.5. The molecule has 2 rings (SSSR count). The van der Waals surface area contributed by atoms with Gasteiger partial charge in [0.25, 0.3) is 0 Å². The Labute approximate surface area is 213 Å². The molecular formula is C23H34N8O6. The molecule has 1 heterocycles. The van der Waals surface area contributed by atoms with Crippen LogP contribution >= 0.6 is 0 Å². The Balaban J connectivity index is 2.14. The van der Waals surface area contributed by atoms with E-state index in [9.17, 15) is 29.4 Å². The molecule has 2 aromatic rings. The summed E-state index contributed by atoms with van der Waals surface area (Å²) in [4.78, 5) is 56.2. The minimum absolute atomic E-state index is 0.0447. The molecule has 0 spiro atoms. The third-order valence-corrected chi connectivity index (χ3v) is 5.56. The van der Waals surface area contributed by atoms with Gasteiger partial charge < -0.3 is 48.3 Å². The highest BCUT2D eigenvalue weighted by molar-refractivity contribution is 5.93. The fraction of sp³-hybridized carbons (Fsp3) is 0.435. The molecule has 12 N–H and O–H groups in total. The lowest BCUT2D eigenvalue weighted by Crippen LogP contribution is -2.55. The molecule has 37 heavy (non-hydrogen) atoms. The van der Waals surface area contributed by atoms with E-state index in [0.717, 1.165) is 16.5 Å². The van der Waals surface area contributed by atoms with Gasteiger partial charge >= 0.3 is 5.97 Å². The maximum Gasteiger partial charge on any atom is 0.326 e. The van der Waals surface area contributed by atoms with Gasteiger partial charge in [0, 0.05) is 30.1 Å². The van der Waals surface area contributed by atoms with Crippen LogP contribution in [0.2, 0.25) is 0 Å². The Morgan fingerprint density at radius 2 is 1.78 bits per heavy atom. The van der Waals surface area contributed by atoms with E-state index < -0.39 is 54.5 Å². The zero-order chi connectivity index (χ0) is 27.5. The van der Waals surface area contributed by atoms with E-state index in [2.05, 4.69) is 25.9 Å². The number of amides is 3. The van der Waals surface area contributed by atoms with Gasteiger partial charge in [-0.15, -0.1) is 0 Å². The molecule has 4 atom stereocenters. The van der Waals surface area contributed by atoms with Crippen LogP contribution < -0.4 is 33.2 Å². The minimum atomic E-state index is -1.26. The first-order valence-electron chi connectivity index (χ1n) is 11.6. The zero-order valence-corrected chi connectivity index (χ0v) is 20.4. The van der Waals surface area contributed by atoms with E-state index in [1.54, 1.807) is 6.20 Å². The number of rotatable bonds is 14. The number of aromatic amines is 1. The number of hydrogen-bond acceptors (Lipinski definition) is 7. The largest absolute Gasteiger partial charge is 0.480 e. The Hall–Kier alpha value is -4.17. The van der Waals surface area contributed by atoms with Crippen LogP contribution in [-0.4, -0.2) is 82.2 Å². The molecule has 0 aliphatic carbocycles. The summed E-state index contributed by atoms with van der Waals surface area (Å²) < 4.78 is 0. The van der Waals surface area contributed by atoms with E-state index in [1.165, 1.54) is 6.92 Å². The lowest BCUT2D eigenvalue weighted by atomic mass is 10.0. The SMILES string of the molecule is CC(O)C(N)C(=O)NCC(=O)NC(Cc1c[nH]c2ccccc12)C(=O)NC(CCCN=C(N)N)C(=O)O. The van der Waals surface area contributed by atoms with E-state index in [4.69, 9.17) is 17.2 Å². The number of nitrogens with two attached hydrogens (primary N) is 3. The highest BCUT2D eigenvalue weighted by Gasteiger charge is 2.28. The topological polar surface area (TPSA) is 251 Å². The Morgan fingerprint density at radius 1 is 1.08 bits per heavy atom. The van der Waals surface area contributed by atoms with Crippen molar-refractivity contribution in [1.29, 1.82) is 0 Å². The first-order valence-corrected chi connectivity index (χ1v) is 11.6. The maximum atomic E-state index is 13.1. The average Bonchev–Trinajstić information content (AvgIpc) is 3.25. The van der Waals surface area contributed by atoms with Gasteiger partial charge in [-0.1, -0.05) is 18.2 Å². The number of carbonyl (C=O) groups excluding carboxylic acids is 3.